The third-order valence-electron chi connectivity index (χ3n) is 2.22. The number of alkyl halides is 3. The van der Waals surface area contributed by atoms with E-state index in [9.17, 15) is 18.0 Å². The summed E-state index contributed by atoms with van der Waals surface area (Å²) in [5.41, 5.74) is 0. The molecule has 0 spiro atoms. The highest BCUT2D eigenvalue weighted by atomic mass is 19.4. The van der Waals surface area contributed by atoms with Gasteiger partial charge in [0, 0.05) is 6.54 Å². The van der Waals surface area contributed by atoms with Gasteiger partial charge in [0.1, 0.15) is 0 Å². The van der Waals surface area contributed by atoms with Gasteiger partial charge in [0.15, 0.2) is 0 Å². The summed E-state index contributed by atoms with van der Waals surface area (Å²) in [5, 5.41) is 9.12. The number of amides is 1. The van der Waals surface area contributed by atoms with E-state index in [0.29, 0.717) is 4.90 Å². The Hall–Kier alpha value is -0.780. The van der Waals surface area contributed by atoms with Crippen LogP contribution in [0, 0.1) is 0 Å². The van der Waals surface area contributed by atoms with Crippen LogP contribution in [0.4, 0.5) is 13.2 Å². The van der Waals surface area contributed by atoms with E-state index in [4.69, 9.17) is 5.11 Å². The number of hydrogen-bond acceptors (Lipinski definition) is 2. The molecule has 1 N–H and O–H groups in total. The van der Waals surface area contributed by atoms with Crippen molar-refractivity contribution >= 4 is 5.91 Å². The quantitative estimate of drug-likeness (QED) is 0.615. The minimum Gasteiger partial charge on any atom is -0.391 e. The van der Waals surface area contributed by atoms with Gasteiger partial charge in [0.25, 0.3) is 0 Å². The van der Waals surface area contributed by atoms with Gasteiger partial charge in [0.05, 0.1) is 12.1 Å². The molecule has 1 saturated heterocycles. The molecule has 0 bridgehead atoms. The summed E-state index contributed by atoms with van der Waals surface area (Å²) in [7, 11) is 0. The van der Waals surface area contributed by atoms with Gasteiger partial charge in [0.2, 0.25) is 0 Å². The minimum atomic E-state index is -4.84. The average Bonchev–Trinajstić information content (AvgIpc) is 2.30. The summed E-state index contributed by atoms with van der Waals surface area (Å²) < 4.78 is 35.8. The monoisotopic (exact) mass is 197 g/mol. The van der Waals surface area contributed by atoms with Crippen molar-refractivity contribution in [2.45, 2.75) is 31.7 Å². The first kappa shape index (κ1) is 10.3. The van der Waals surface area contributed by atoms with Crippen molar-refractivity contribution < 1.29 is 23.1 Å². The molecule has 1 fully saturated rings. The molecule has 0 aromatic heterocycles. The molecule has 0 aromatic carbocycles. The lowest BCUT2D eigenvalue weighted by Gasteiger charge is -2.23. The molecule has 2 atom stereocenters. The topological polar surface area (TPSA) is 40.5 Å². The first-order valence-corrected chi connectivity index (χ1v) is 3.90. The predicted molar refractivity (Wildman–Crippen MR) is 37.9 cm³/mol. The number of likely N-dealkylation sites (tertiary alicyclic amines) is 1. The Kier molecular flexibility index (Phi) is 2.51. The molecule has 76 valence electrons. The summed E-state index contributed by atoms with van der Waals surface area (Å²) in [4.78, 5) is 11.4. The molecular formula is C7H10F3NO2. The van der Waals surface area contributed by atoms with Gasteiger partial charge in [-0.15, -0.1) is 0 Å². The molecule has 0 aliphatic carbocycles. The van der Waals surface area contributed by atoms with E-state index >= 15 is 0 Å². The highest BCUT2D eigenvalue weighted by molar-refractivity contribution is 5.82. The van der Waals surface area contributed by atoms with Crippen LogP contribution in [-0.4, -0.2) is 40.8 Å². The van der Waals surface area contributed by atoms with E-state index in [1.165, 1.54) is 6.92 Å². The number of halogens is 3. The highest BCUT2D eigenvalue weighted by Crippen LogP contribution is 2.25. The SMILES string of the molecule is CC1[C@@H](O)CCN1C(=O)C(F)(F)F. The number of carbonyl (C=O) groups excluding carboxylic acids is 1. The third kappa shape index (κ3) is 1.93. The minimum absolute atomic E-state index is 0.0271. The zero-order valence-corrected chi connectivity index (χ0v) is 7.01. The molecule has 0 aromatic rings. The number of rotatable bonds is 0. The maximum absolute atomic E-state index is 11.9. The van der Waals surface area contributed by atoms with Crippen LogP contribution in [0.1, 0.15) is 13.3 Å². The maximum Gasteiger partial charge on any atom is 0.471 e. The zero-order chi connectivity index (χ0) is 10.2. The average molecular weight is 197 g/mol. The van der Waals surface area contributed by atoms with Crippen molar-refractivity contribution in [3.8, 4) is 0 Å². The Morgan fingerprint density at radius 2 is 2.08 bits per heavy atom. The Labute approximate surface area is 73.1 Å². The van der Waals surface area contributed by atoms with Crippen molar-refractivity contribution in [3.05, 3.63) is 0 Å². The van der Waals surface area contributed by atoms with E-state index in [2.05, 4.69) is 0 Å². The smallest absolute Gasteiger partial charge is 0.391 e. The number of aliphatic hydroxyl groups is 1. The Morgan fingerprint density at radius 1 is 1.54 bits per heavy atom. The second-order valence-electron chi connectivity index (χ2n) is 3.09. The van der Waals surface area contributed by atoms with E-state index in [-0.39, 0.29) is 13.0 Å². The van der Waals surface area contributed by atoms with E-state index in [1.54, 1.807) is 0 Å². The van der Waals surface area contributed by atoms with Crippen LogP contribution in [0.25, 0.3) is 0 Å². The molecule has 13 heavy (non-hydrogen) atoms. The molecule has 1 aliphatic rings. The van der Waals surface area contributed by atoms with Gasteiger partial charge < -0.3 is 10.0 Å². The molecule has 0 saturated carbocycles. The van der Waals surface area contributed by atoms with Crippen molar-refractivity contribution in [2.24, 2.45) is 0 Å². The molecule has 1 aliphatic heterocycles. The number of nitrogens with zero attached hydrogens (tertiary/aromatic N) is 1. The van der Waals surface area contributed by atoms with Crippen molar-refractivity contribution in [2.75, 3.05) is 6.54 Å². The van der Waals surface area contributed by atoms with Crippen LogP contribution in [0.15, 0.2) is 0 Å². The first-order valence-electron chi connectivity index (χ1n) is 3.90. The lowest BCUT2D eigenvalue weighted by molar-refractivity contribution is -0.186. The van der Waals surface area contributed by atoms with Gasteiger partial charge in [-0.3, -0.25) is 4.79 Å². The van der Waals surface area contributed by atoms with Gasteiger partial charge in [-0.25, -0.2) is 0 Å². The van der Waals surface area contributed by atoms with Crippen LogP contribution in [0.5, 0.6) is 0 Å². The largest absolute Gasteiger partial charge is 0.471 e. The van der Waals surface area contributed by atoms with Crippen molar-refractivity contribution in [1.82, 2.24) is 4.90 Å². The molecule has 0 radical (unpaired) electrons. The Morgan fingerprint density at radius 3 is 2.38 bits per heavy atom. The first-order chi connectivity index (χ1) is 5.84. The van der Waals surface area contributed by atoms with Gasteiger partial charge in [-0.2, -0.15) is 13.2 Å². The maximum atomic E-state index is 11.9. The highest BCUT2D eigenvalue weighted by Gasteiger charge is 2.46. The second kappa shape index (κ2) is 3.17. The van der Waals surface area contributed by atoms with Crippen LogP contribution in [-0.2, 0) is 4.79 Å². The van der Waals surface area contributed by atoms with Crippen molar-refractivity contribution in [3.63, 3.8) is 0 Å². The van der Waals surface area contributed by atoms with Crippen LogP contribution in [0.3, 0.4) is 0 Å². The van der Waals surface area contributed by atoms with Gasteiger partial charge in [-0.05, 0) is 13.3 Å². The molecular weight excluding hydrogens is 187 g/mol. The summed E-state index contributed by atoms with van der Waals surface area (Å²) in [6.07, 6.45) is -5.47. The van der Waals surface area contributed by atoms with Crippen LogP contribution in [0.2, 0.25) is 0 Å². The fourth-order valence-corrected chi connectivity index (χ4v) is 1.37. The lowest BCUT2D eigenvalue weighted by Crippen LogP contribution is -2.44. The lowest BCUT2D eigenvalue weighted by atomic mass is 10.2. The molecule has 1 amide bonds. The molecule has 1 unspecified atom stereocenters. The normalized spacial score (nSPS) is 29.5. The third-order valence-corrected chi connectivity index (χ3v) is 2.22. The zero-order valence-electron chi connectivity index (χ0n) is 7.01. The standard InChI is InChI=1S/C7H10F3NO2/c1-4-5(12)2-3-11(4)6(13)7(8,9)10/h4-5,12H,2-3H2,1H3/t4?,5-/m0/s1. The Bertz CT molecular complexity index is 216. The summed E-state index contributed by atoms with van der Waals surface area (Å²) >= 11 is 0. The second-order valence-corrected chi connectivity index (χ2v) is 3.09. The van der Waals surface area contributed by atoms with E-state index < -0.39 is 24.2 Å². The van der Waals surface area contributed by atoms with Gasteiger partial charge >= 0.3 is 12.1 Å². The van der Waals surface area contributed by atoms with E-state index in [1.807, 2.05) is 0 Å². The van der Waals surface area contributed by atoms with Crippen molar-refractivity contribution in [1.29, 1.82) is 0 Å². The van der Waals surface area contributed by atoms with E-state index in [0.717, 1.165) is 0 Å². The molecule has 3 nitrogen and oxygen atoms in total. The fourth-order valence-electron chi connectivity index (χ4n) is 1.37. The van der Waals surface area contributed by atoms with Gasteiger partial charge in [-0.1, -0.05) is 0 Å². The molecule has 1 heterocycles. The summed E-state index contributed by atoms with van der Waals surface area (Å²) in [6, 6.07) is -0.742. The number of carbonyl (C=O) groups is 1. The Balaban J connectivity index is 2.69. The predicted octanol–water partition coefficient (Wildman–Crippen LogP) is 0.530. The molecule has 1 rings (SSSR count). The molecule has 6 heteroatoms. The number of aliphatic hydroxyl groups excluding tert-OH is 1. The van der Waals surface area contributed by atoms with Crippen LogP contribution < -0.4 is 0 Å². The number of hydrogen-bond donors (Lipinski definition) is 1. The summed E-state index contributed by atoms with van der Waals surface area (Å²) in [5.74, 6) is -1.86. The van der Waals surface area contributed by atoms with Crippen LogP contribution >= 0.6 is 0 Å². The summed E-state index contributed by atoms with van der Waals surface area (Å²) in [6.45, 7) is 1.38. The fraction of sp³-hybridized carbons (Fsp3) is 0.857.